The SMILES string of the molecule is FCc1cc(CF)cc(-c2nc(-c3ccccc3)no2)c1. The van der Waals surface area contributed by atoms with Crippen molar-refractivity contribution in [1.29, 1.82) is 0 Å². The molecule has 0 bridgehead atoms. The van der Waals surface area contributed by atoms with Gasteiger partial charge < -0.3 is 4.52 Å². The van der Waals surface area contributed by atoms with Crippen LogP contribution in [0.15, 0.2) is 53.1 Å². The Balaban J connectivity index is 2.00. The topological polar surface area (TPSA) is 38.9 Å². The minimum Gasteiger partial charge on any atom is -0.334 e. The molecule has 3 rings (SSSR count). The summed E-state index contributed by atoms with van der Waals surface area (Å²) in [5.41, 5.74) is 2.12. The van der Waals surface area contributed by atoms with Crippen LogP contribution in [0.4, 0.5) is 8.78 Å². The predicted octanol–water partition coefficient (Wildman–Crippen LogP) is 4.34. The van der Waals surface area contributed by atoms with E-state index >= 15 is 0 Å². The lowest BCUT2D eigenvalue weighted by Gasteiger charge is -2.02. The highest BCUT2D eigenvalue weighted by Gasteiger charge is 2.12. The molecule has 106 valence electrons. The molecule has 21 heavy (non-hydrogen) atoms. The van der Waals surface area contributed by atoms with E-state index in [2.05, 4.69) is 10.1 Å². The first-order chi connectivity index (χ1) is 10.3. The average molecular weight is 286 g/mol. The van der Waals surface area contributed by atoms with Gasteiger partial charge in [-0.1, -0.05) is 41.6 Å². The molecule has 3 aromatic rings. The summed E-state index contributed by atoms with van der Waals surface area (Å²) in [6, 6.07) is 14.0. The molecule has 0 aliphatic carbocycles. The Morgan fingerprint density at radius 3 is 2.14 bits per heavy atom. The fraction of sp³-hybridized carbons (Fsp3) is 0.125. The highest BCUT2D eigenvalue weighted by atomic mass is 19.1. The lowest BCUT2D eigenvalue weighted by molar-refractivity contribution is 0.431. The quantitative estimate of drug-likeness (QED) is 0.716. The van der Waals surface area contributed by atoms with E-state index in [1.54, 1.807) is 12.1 Å². The highest BCUT2D eigenvalue weighted by Crippen LogP contribution is 2.25. The molecule has 0 atom stereocenters. The largest absolute Gasteiger partial charge is 0.334 e. The molecule has 0 spiro atoms. The number of hydrogen-bond donors (Lipinski definition) is 0. The molecule has 0 N–H and O–H groups in total. The van der Waals surface area contributed by atoms with Gasteiger partial charge in [0.1, 0.15) is 13.3 Å². The van der Waals surface area contributed by atoms with Crippen LogP contribution < -0.4 is 0 Å². The van der Waals surface area contributed by atoms with E-state index < -0.39 is 13.3 Å². The number of rotatable bonds is 4. The normalized spacial score (nSPS) is 10.8. The fourth-order valence-corrected chi connectivity index (χ4v) is 2.09. The molecular weight excluding hydrogens is 274 g/mol. The van der Waals surface area contributed by atoms with E-state index in [1.807, 2.05) is 30.3 Å². The second kappa shape index (κ2) is 5.83. The third-order valence-electron chi connectivity index (χ3n) is 3.07. The van der Waals surface area contributed by atoms with Crippen molar-refractivity contribution < 1.29 is 13.3 Å². The molecule has 1 heterocycles. The molecule has 0 unspecified atom stereocenters. The molecule has 0 aliphatic rings. The fourth-order valence-electron chi connectivity index (χ4n) is 2.09. The van der Waals surface area contributed by atoms with Crippen LogP contribution in [-0.4, -0.2) is 10.1 Å². The van der Waals surface area contributed by atoms with E-state index in [-0.39, 0.29) is 5.89 Å². The minimum atomic E-state index is -0.666. The Labute approximate surface area is 120 Å². The number of halogens is 2. The van der Waals surface area contributed by atoms with Gasteiger partial charge in [-0.05, 0) is 23.3 Å². The monoisotopic (exact) mass is 286 g/mol. The maximum atomic E-state index is 12.8. The summed E-state index contributed by atoms with van der Waals surface area (Å²) in [6.45, 7) is -1.33. The van der Waals surface area contributed by atoms with Gasteiger partial charge in [0, 0.05) is 11.1 Å². The number of aromatic nitrogens is 2. The Kier molecular flexibility index (Phi) is 3.73. The number of hydrogen-bond acceptors (Lipinski definition) is 3. The first kappa shape index (κ1) is 13.4. The zero-order valence-electron chi connectivity index (χ0n) is 11.1. The van der Waals surface area contributed by atoms with Gasteiger partial charge in [-0.3, -0.25) is 0 Å². The lowest BCUT2D eigenvalue weighted by Crippen LogP contribution is -1.88. The van der Waals surface area contributed by atoms with Crippen molar-refractivity contribution in [3.63, 3.8) is 0 Å². The lowest BCUT2D eigenvalue weighted by atomic mass is 10.1. The molecule has 0 aliphatic heterocycles. The summed E-state index contributed by atoms with van der Waals surface area (Å²) in [6.07, 6.45) is 0. The highest BCUT2D eigenvalue weighted by molar-refractivity contribution is 5.61. The van der Waals surface area contributed by atoms with Crippen molar-refractivity contribution >= 4 is 0 Å². The molecule has 0 saturated carbocycles. The van der Waals surface area contributed by atoms with Crippen molar-refractivity contribution in [2.24, 2.45) is 0 Å². The van der Waals surface area contributed by atoms with E-state index in [0.29, 0.717) is 22.5 Å². The molecule has 1 aromatic heterocycles. The molecular formula is C16H12F2N2O. The van der Waals surface area contributed by atoms with Gasteiger partial charge in [0.15, 0.2) is 0 Å². The molecule has 2 aromatic carbocycles. The van der Waals surface area contributed by atoms with Crippen molar-refractivity contribution in [3.05, 3.63) is 59.7 Å². The summed E-state index contributed by atoms with van der Waals surface area (Å²) in [5, 5.41) is 3.90. The van der Waals surface area contributed by atoms with Crippen LogP contribution in [0.1, 0.15) is 11.1 Å². The number of alkyl halides is 2. The zero-order chi connectivity index (χ0) is 14.7. The number of benzene rings is 2. The van der Waals surface area contributed by atoms with Gasteiger partial charge in [0.05, 0.1) is 0 Å². The molecule has 0 amide bonds. The van der Waals surface area contributed by atoms with Crippen LogP contribution in [0.5, 0.6) is 0 Å². The van der Waals surface area contributed by atoms with Crippen LogP contribution in [0.25, 0.3) is 22.8 Å². The summed E-state index contributed by atoms with van der Waals surface area (Å²) >= 11 is 0. The van der Waals surface area contributed by atoms with Crippen LogP contribution in [-0.2, 0) is 13.3 Å². The maximum absolute atomic E-state index is 12.8. The van der Waals surface area contributed by atoms with Crippen molar-refractivity contribution in [1.82, 2.24) is 10.1 Å². The summed E-state index contributed by atoms with van der Waals surface area (Å²) in [4.78, 5) is 4.28. The van der Waals surface area contributed by atoms with E-state index in [4.69, 9.17) is 4.52 Å². The maximum Gasteiger partial charge on any atom is 0.258 e. The second-order valence-electron chi connectivity index (χ2n) is 4.59. The molecule has 5 heteroatoms. The molecule has 0 radical (unpaired) electrons. The van der Waals surface area contributed by atoms with Crippen molar-refractivity contribution in [2.75, 3.05) is 0 Å². The van der Waals surface area contributed by atoms with Crippen LogP contribution >= 0.6 is 0 Å². The van der Waals surface area contributed by atoms with Crippen molar-refractivity contribution in [2.45, 2.75) is 13.3 Å². The van der Waals surface area contributed by atoms with E-state index in [1.165, 1.54) is 6.07 Å². The smallest absolute Gasteiger partial charge is 0.258 e. The Hall–Kier alpha value is -2.56. The second-order valence-corrected chi connectivity index (χ2v) is 4.59. The molecule has 3 nitrogen and oxygen atoms in total. The summed E-state index contributed by atoms with van der Waals surface area (Å²) in [7, 11) is 0. The third-order valence-corrected chi connectivity index (χ3v) is 3.07. The molecule has 0 saturated heterocycles. The average Bonchev–Trinajstić information content (AvgIpc) is 3.05. The summed E-state index contributed by atoms with van der Waals surface area (Å²) in [5.74, 6) is 0.692. The standard InChI is InChI=1S/C16H12F2N2O/c17-9-11-6-12(10-18)8-14(7-11)16-19-15(20-21-16)13-4-2-1-3-5-13/h1-8H,9-10H2. The minimum absolute atomic E-state index is 0.249. The van der Waals surface area contributed by atoms with Gasteiger partial charge in [-0.2, -0.15) is 4.98 Å². The van der Waals surface area contributed by atoms with Gasteiger partial charge in [0.25, 0.3) is 5.89 Å². The third kappa shape index (κ3) is 2.81. The van der Waals surface area contributed by atoms with Gasteiger partial charge in [-0.15, -0.1) is 0 Å². The zero-order valence-corrected chi connectivity index (χ0v) is 11.1. The summed E-state index contributed by atoms with van der Waals surface area (Å²) < 4.78 is 30.8. The van der Waals surface area contributed by atoms with Crippen LogP contribution in [0.2, 0.25) is 0 Å². The van der Waals surface area contributed by atoms with Crippen LogP contribution in [0.3, 0.4) is 0 Å². The Bertz CT molecular complexity index is 719. The molecule has 0 fully saturated rings. The predicted molar refractivity (Wildman–Crippen MR) is 74.8 cm³/mol. The van der Waals surface area contributed by atoms with E-state index in [0.717, 1.165) is 5.56 Å². The van der Waals surface area contributed by atoms with Crippen molar-refractivity contribution in [3.8, 4) is 22.8 Å². The Morgan fingerprint density at radius 1 is 0.857 bits per heavy atom. The van der Waals surface area contributed by atoms with E-state index in [9.17, 15) is 8.78 Å². The van der Waals surface area contributed by atoms with Gasteiger partial charge in [0.2, 0.25) is 5.82 Å². The number of nitrogens with zero attached hydrogens (tertiary/aromatic N) is 2. The van der Waals surface area contributed by atoms with Gasteiger partial charge >= 0.3 is 0 Å². The Morgan fingerprint density at radius 2 is 1.52 bits per heavy atom. The van der Waals surface area contributed by atoms with Crippen LogP contribution in [0, 0.1) is 0 Å². The first-order valence-electron chi connectivity index (χ1n) is 6.44. The first-order valence-corrected chi connectivity index (χ1v) is 6.44. The van der Waals surface area contributed by atoms with Gasteiger partial charge in [-0.25, -0.2) is 8.78 Å².